The van der Waals surface area contributed by atoms with E-state index in [1.165, 1.54) is 0 Å². The zero-order valence-electron chi connectivity index (χ0n) is 5.54. The van der Waals surface area contributed by atoms with E-state index < -0.39 is 6.17 Å². The predicted molar refractivity (Wildman–Crippen MR) is 31.3 cm³/mol. The standard InChI is InChI=1S/C6H7FN2O/c1-3-8-6(9-10-3)4-2-5(4)7/h4-5H,2H2,1H3/t4-,5-/m0/s1. The summed E-state index contributed by atoms with van der Waals surface area (Å²) in [4.78, 5) is 3.91. The van der Waals surface area contributed by atoms with E-state index in [1.54, 1.807) is 6.92 Å². The molecule has 2 rings (SSSR count). The summed E-state index contributed by atoms with van der Waals surface area (Å²) in [6.07, 6.45) is -0.184. The fourth-order valence-corrected chi connectivity index (χ4v) is 0.897. The van der Waals surface area contributed by atoms with Gasteiger partial charge < -0.3 is 4.52 Å². The van der Waals surface area contributed by atoms with Gasteiger partial charge >= 0.3 is 0 Å². The van der Waals surface area contributed by atoms with Gasteiger partial charge in [-0.2, -0.15) is 4.98 Å². The molecule has 0 aliphatic heterocycles. The fraction of sp³-hybridized carbons (Fsp3) is 0.667. The van der Waals surface area contributed by atoms with E-state index in [0.29, 0.717) is 18.1 Å². The molecule has 1 aliphatic carbocycles. The molecule has 0 spiro atoms. The maximum Gasteiger partial charge on any atom is 0.223 e. The van der Waals surface area contributed by atoms with Gasteiger partial charge in [-0.15, -0.1) is 0 Å². The molecule has 0 aromatic carbocycles. The van der Waals surface area contributed by atoms with Crippen LogP contribution in [-0.2, 0) is 0 Å². The van der Waals surface area contributed by atoms with Crippen molar-refractivity contribution < 1.29 is 8.91 Å². The highest BCUT2D eigenvalue weighted by Gasteiger charge is 2.42. The lowest BCUT2D eigenvalue weighted by atomic mass is 10.4. The van der Waals surface area contributed by atoms with Crippen molar-refractivity contribution in [3.05, 3.63) is 11.7 Å². The summed E-state index contributed by atoms with van der Waals surface area (Å²) in [6.45, 7) is 1.70. The van der Waals surface area contributed by atoms with Crippen molar-refractivity contribution in [2.75, 3.05) is 0 Å². The minimum atomic E-state index is -0.739. The summed E-state index contributed by atoms with van der Waals surface area (Å²) in [5.41, 5.74) is 0. The van der Waals surface area contributed by atoms with Crippen LogP contribution in [0, 0.1) is 6.92 Å². The van der Waals surface area contributed by atoms with Crippen LogP contribution in [0.2, 0.25) is 0 Å². The maximum absolute atomic E-state index is 12.3. The summed E-state index contributed by atoms with van der Waals surface area (Å²) >= 11 is 0. The monoisotopic (exact) mass is 142 g/mol. The van der Waals surface area contributed by atoms with Gasteiger partial charge in [0.05, 0.1) is 5.92 Å². The van der Waals surface area contributed by atoms with Gasteiger partial charge in [-0.25, -0.2) is 4.39 Å². The van der Waals surface area contributed by atoms with Crippen molar-refractivity contribution in [1.29, 1.82) is 0 Å². The molecule has 4 heteroatoms. The Morgan fingerprint density at radius 2 is 2.40 bits per heavy atom. The van der Waals surface area contributed by atoms with E-state index in [4.69, 9.17) is 0 Å². The lowest BCUT2D eigenvalue weighted by molar-refractivity contribution is 0.384. The lowest BCUT2D eigenvalue weighted by Crippen LogP contribution is -1.84. The first-order valence-corrected chi connectivity index (χ1v) is 3.21. The first-order chi connectivity index (χ1) is 4.77. The van der Waals surface area contributed by atoms with E-state index in [2.05, 4.69) is 14.7 Å². The Bertz CT molecular complexity index is 248. The Kier molecular flexibility index (Phi) is 1.03. The molecule has 54 valence electrons. The van der Waals surface area contributed by atoms with Gasteiger partial charge in [-0.3, -0.25) is 0 Å². The smallest absolute Gasteiger partial charge is 0.223 e. The molecular weight excluding hydrogens is 135 g/mol. The SMILES string of the molecule is Cc1nc([C@H]2C[C@@H]2F)no1. The molecule has 1 fully saturated rings. The topological polar surface area (TPSA) is 38.9 Å². The Morgan fingerprint density at radius 3 is 2.80 bits per heavy atom. The van der Waals surface area contributed by atoms with Crippen LogP contribution in [0.3, 0.4) is 0 Å². The Hall–Kier alpha value is -0.930. The number of alkyl halides is 1. The van der Waals surface area contributed by atoms with Gasteiger partial charge in [0.25, 0.3) is 0 Å². The van der Waals surface area contributed by atoms with Crippen molar-refractivity contribution in [2.45, 2.75) is 25.4 Å². The molecule has 0 unspecified atom stereocenters. The molecule has 10 heavy (non-hydrogen) atoms. The first-order valence-electron chi connectivity index (χ1n) is 3.21. The van der Waals surface area contributed by atoms with Crippen LogP contribution >= 0.6 is 0 Å². The molecule has 2 atom stereocenters. The van der Waals surface area contributed by atoms with E-state index in [1.807, 2.05) is 0 Å². The number of hydrogen-bond donors (Lipinski definition) is 0. The number of aromatic nitrogens is 2. The highest BCUT2D eigenvalue weighted by Crippen LogP contribution is 2.41. The highest BCUT2D eigenvalue weighted by molar-refractivity contribution is 5.09. The molecule has 1 aliphatic rings. The first kappa shape index (κ1) is 5.82. The molecular formula is C6H7FN2O. The minimum Gasteiger partial charge on any atom is -0.340 e. The largest absolute Gasteiger partial charge is 0.340 e. The van der Waals surface area contributed by atoms with Gasteiger partial charge in [0.15, 0.2) is 5.82 Å². The highest BCUT2D eigenvalue weighted by atomic mass is 19.1. The second kappa shape index (κ2) is 1.78. The van der Waals surface area contributed by atoms with Gasteiger partial charge in [0.2, 0.25) is 5.89 Å². The number of aryl methyl sites for hydroxylation is 1. The van der Waals surface area contributed by atoms with Crippen LogP contribution in [0.4, 0.5) is 4.39 Å². The Balaban J connectivity index is 2.20. The Labute approximate surface area is 57.2 Å². The van der Waals surface area contributed by atoms with E-state index >= 15 is 0 Å². The predicted octanol–water partition coefficient (Wildman–Crippen LogP) is 1.20. The average molecular weight is 142 g/mol. The second-order valence-electron chi connectivity index (χ2n) is 2.53. The van der Waals surface area contributed by atoms with E-state index in [-0.39, 0.29) is 5.92 Å². The fourth-order valence-electron chi connectivity index (χ4n) is 0.897. The number of nitrogens with zero attached hydrogens (tertiary/aromatic N) is 2. The summed E-state index contributed by atoms with van der Waals surface area (Å²) in [7, 11) is 0. The van der Waals surface area contributed by atoms with Crippen molar-refractivity contribution in [1.82, 2.24) is 10.1 Å². The van der Waals surface area contributed by atoms with Crippen LogP contribution in [0.25, 0.3) is 0 Å². The normalized spacial score (nSPS) is 30.6. The van der Waals surface area contributed by atoms with E-state index in [9.17, 15) is 4.39 Å². The second-order valence-corrected chi connectivity index (χ2v) is 2.53. The molecule has 1 heterocycles. The zero-order chi connectivity index (χ0) is 7.14. The molecule has 3 nitrogen and oxygen atoms in total. The molecule has 1 saturated carbocycles. The lowest BCUT2D eigenvalue weighted by Gasteiger charge is -1.79. The van der Waals surface area contributed by atoms with Crippen LogP contribution < -0.4 is 0 Å². The van der Waals surface area contributed by atoms with E-state index in [0.717, 1.165) is 0 Å². The summed E-state index contributed by atoms with van der Waals surface area (Å²) < 4.78 is 17.0. The third-order valence-corrected chi connectivity index (χ3v) is 1.59. The van der Waals surface area contributed by atoms with Crippen molar-refractivity contribution in [3.8, 4) is 0 Å². The minimum absolute atomic E-state index is 0.0857. The number of rotatable bonds is 1. The van der Waals surface area contributed by atoms with Crippen LogP contribution in [-0.4, -0.2) is 16.3 Å². The summed E-state index contributed by atoms with van der Waals surface area (Å²) in [6, 6.07) is 0. The number of halogens is 1. The quantitative estimate of drug-likeness (QED) is 0.591. The van der Waals surface area contributed by atoms with Crippen molar-refractivity contribution in [3.63, 3.8) is 0 Å². The van der Waals surface area contributed by atoms with Crippen LogP contribution in [0.15, 0.2) is 4.52 Å². The van der Waals surface area contributed by atoms with Gasteiger partial charge in [0, 0.05) is 6.92 Å². The van der Waals surface area contributed by atoms with Crippen LogP contribution in [0.5, 0.6) is 0 Å². The van der Waals surface area contributed by atoms with Gasteiger partial charge in [-0.1, -0.05) is 5.16 Å². The average Bonchev–Trinajstić information content (AvgIpc) is 2.42. The third-order valence-electron chi connectivity index (χ3n) is 1.59. The van der Waals surface area contributed by atoms with Crippen molar-refractivity contribution >= 4 is 0 Å². The molecule has 0 amide bonds. The molecule has 1 aromatic rings. The number of hydrogen-bond acceptors (Lipinski definition) is 3. The van der Waals surface area contributed by atoms with Crippen LogP contribution in [0.1, 0.15) is 24.1 Å². The molecule has 0 N–H and O–H groups in total. The molecule has 0 bridgehead atoms. The van der Waals surface area contributed by atoms with Gasteiger partial charge in [-0.05, 0) is 6.42 Å². The summed E-state index contributed by atoms with van der Waals surface area (Å²) in [5, 5.41) is 3.60. The zero-order valence-corrected chi connectivity index (χ0v) is 5.54. The molecule has 1 aromatic heterocycles. The van der Waals surface area contributed by atoms with Gasteiger partial charge in [0.1, 0.15) is 6.17 Å². The summed E-state index contributed by atoms with van der Waals surface area (Å²) in [5.74, 6) is 0.941. The molecule has 0 saturated heterocycles. The third kappa shape index (κ3) is 0.798. The van der Waals surface area contributed by atoms with Crippen molar-refractivity contribution in [2.24, 2.45) is 0 Å². The molecule has 0 radical (unpaired) electrons. The maximum atomic E-state index is 12.3. The Morgan fingerprint density at radius 1 is 1.70 bits per heavy atom.